The number of allylic oxidation sites excluding steroid dienone is 1. The molecule has 0 radical (unpaired) electrons. The second-order valence-electron chi connectivity index (χ2n) is 7.60. The van der Waals surface area contributed by atoms with Crippen LogP contribution in [0.3, 0.4) is 0 Å². The first kappa shape index (κ1) is 22.2. The molecule has 1 unspecified atom stereocenters. The fourth-order valence-electron chi connectivity index (χ4n) is 4.42. The molecule has 2 aromatic carbocycles. The summed E-state index contributed by atoms with van der Waals surface area (Å²) in [6.07, 6.45) is 4.19. The second kappa shape index (κ2) is 8.85. The fraction of sp³-hybridized carbons (Fsp3) is 0.304. The monoisotopic (exact) mass is 522 g/mol. The largest absolute Gasteiger partial charge is 0.449 e. The van der Waals surface area contributed by atoms with Crippen LogP contribution in [0.25, 0.3) is 0 Å². The van der Waals surface area contributed by atoms with Crippen LogP contribution in [-0.2, 0) is 11.2 Å². The van der Waals surface area contributed by atoms with Crippen molar-refractivity contribution in [1.82, 2.24) is 4.90 Å². The number of anilines is 1. The number of urea groups is 1. The molecule has 0 N–H and O–H groups in total. The highest BCUT2D eigenvalue weighted by Gasteiger charge is 2.58. The van der Waals surface area contributed by atoms with Crippen LogP contribution in [-0.4, -0.2) is 29.2 Å². The van der Waals surface area contributed by atoms with Gasteiger partial charge in [0.25, 0.3) is 0 Å². The van der Waals surface area contributed by atoms with Crippen molar-refractivity contribution in [1.29, 1.82) is 0 Å². The molecular formula is C23H21BrCl2N2O3. The predicted molar refractivity (Wildman–Crippen MR) is 126 cm³/mol. The number of hydrogen-bond acceptors (Lipinski definition) is 3. The Balaban J connectivity index is 1.86. The highest BCUT2D eigenvalue weighted by Crippen LogP contribution is 2.48. The first-order valence-corrected chi connectivity index (χ1v) is 11.6. The van der Waals surface area contributed by atoms with Crippen LogP contribution in [0.5, 0.6) is 0 Å². The van der Waals surface area contributed by atoms with E-state index in [2.05, 4.69) is 15.9 Å². The van der Waals surface area contributed by atoms with Gasteiger partial charge < -0.3 is 4.74 Å². The molecular weight excluding hydrogens is 503 g/mol. The summed E-state index contributed by atoms with van der Waals surface area (Å²) in [7, 11) is 0. The van der Waals surface area contributed by atoms with Crippen molar-refractivity contribution >= 4 is 56.9 Å². The van der Waals surface area contributed by atoms with E-state index in [1.807, 2.05) is 30.3 Å². The van der Waals surface area contributed by atoms with Crippen molar-refractivity contribution < 1.29 is 14.3 Å². The zero-order chi connectivity index (χ0) is 22.2. The molecule has 1 fully saturated rings. The molecule has 3 amide bonds. The van der Waals surface area contributed by atoms with Gasteiger partial charge in [-0.1, -0.05) is 57.3 Å². The van der Waals surface area contributed by atoms with E-state index in [1.54, 1.807) is 30.0 Å². The van der Waals surface area contributed by atoms with Crippen LogP contribution in [0.15, 0.2) is 58.7 Å². The van der Waals surface area contributed by atoms with Crippen LogP contribution in [0.4, 0.5) is 15.3 Å². The number of imide groups is 1. The van der Waals surface area contributed by atoms with Crippen LogP contribution in [0.2, 0.25) is 10.0 Å². The van der Waals surface area contributed by atoms with Gasteiger partial charge in [-0.2, -0.15) is 0 Å². The topological polar surface area (TPSA) is 49.9 Å². The molecule has 2 aromatic rings. The van der Waals surface area contributed by atoms with Crippen molar-refractivity contribution in [3.63, 3.8) is 0 Å². The third kappa shape index (κ3) is 4.09. The Labute approximate surface area is 199 Å². The Kier molecular flexibility index (Phi) is 6.33. The maximum absolute atomic E-state index is 13.7. The SMILES string of the molecule is CCOC(=O)N1C(=O)N(c2cc(Cl)cc(Cl)c2)C2=CCCCC21Cc1ccc(Br)cc1. The minimum absolute atomic E-state index is 0.180. The fourth-order valence-corrected chi connectivity index (χ4v) is 5.20. The number of carbonyl (C=O) groups excluding carboxylic acids is 2. The van der Waals surface area contributed by atoms with E-state index in [1.165, 1.54) is 4.90 Å². The minimum Gasteiger partial charge on any atom is -0.449 e. The molecule has 0 bridgehead atoms. The Hall–Kier alpha value is -2.02. The van der Waals surface area contributed by atoms with E-state index < -0.39 is 17.7 Å². The van der Waals surface area contributed by atoms with Gasteiger partial charge in [0.1, 0.15) is 5.54 Å². The Morgan fingerprint density at radius 1 is 1.16 bits per heavy atom. The molecule has 1 heterocycles. The van der Waals surface area contributed by atoms with Crippen molar-refractivity contribution in [2.75, 3.05) is 11.5 Å². The van der Waals surface area contributed by atoms with Crippen molar-refractivity contribution in [3.8, 4) is 0 Å². The lowest BCUT2D eigenvalue weighted by molar-refractivity contribution is 0.0882. The average Bonchev–Trinajstić information content (AvgIpc) is 2.97. The molecule has 1 aliphatic carbocycles. The van der Waals surface area contributed by atoms with Gasteiger partial charge in [-0.25, -0.2) is 14.5 Å². The number of ether oxygens (including phenoxy) is 1. The standard InChI is InChI=1S/C23H21BrCl2N2O3/c1-2-31-22(30)28-21(29)27(19-12-17(25)11-18(26)13-19)20-5-3-4-10-23(20,28)14-15-6-8-16(24)9-7-15/h5-9,11-13H,2-4,10,14H2,1H3. The zero-order valence-corrected chi connectivity index (χ0v) is 20.0. The van der Waals surface area contributed by atoms with Crippen LogP contribution in [0, 0.1) is 0 Å². The second-order valence-corrected chi connectivity index (χ2v) is 9.38. The lowest BCUT2D eigenvalue weighted by Gasteiger charge is -2.38. The molecule has 0 saturated carbocycles. The smallest absolute Gasteiger partial charge is 0.418 e. The Morgan fingerprint density at radius 2 is 1.84 bits per heavy atom. The number of carbonyl (C=O) groups is 2. The van der Waals surface area contributed by atoms with E-state index in [4.69, 9.17) is 27.9 Å². The molecule has 4 rings (SSSR count). The zero-order valence-electron chi connectivity index (χ0n) is 16.9. The molecule has 1 saturated heterocycles. The van der Waals surface area contributed by atoms with Crippen LogP contribution >= 0.6 is 39.1 Å². The minimum atomic E-state index is -0.843. The molecule has 31 heavy (non-hydrogen) atoms. The quantitative estimate of drug-likeness (QED) is 0.425. The lowest BCUT2D eigenvalue weighted by Crippen LogP contribution is -2.52. The summed E-state index contributed by atoms with van der Waals surface area (Å²) in [6.45, 7) is 1.91. The van der Waals surface area contributed by atoms with Crippen molar-refractivity contribution in [3.05, 3.63) is 74.3 Å². The van der Waals surface area contributed by atoms with E-state index in [0.717, 1.165) is 28.6 Å². The first-order valence-electron chi connectivity index (χ1n) is 10.1. The Morgan fingerprint density at radius 3 is 2.48 bits per heavy atom. The maximum atomic E-state index is 13.7. The number of nitrogens with zero attached hydrogens (tertiary/aromatic N) is 2. The third-order valence-corrected chi connectivity index (χ3v) is 6.59. The lowest BCUT2D eigenvalue weighted by atomic mass is 9.79. The van der Waals surface area contributed by atoms with Crippen molar-refractivity contribution in [2.45, 2.75) is 38.1 Å². The van der Waals surface area contributed by atoms with Gasteiger partial charge in [-0.05, 0) is 62.1 Å². The first-order chi connectivity index (χ1) is 14.9. The van der Waals surface area contributed by atoms with Crippen LogP contribution < -0.4 is 4.90 Å². The summed E-state index contributed by atoms with van der Waals surface area (Å²) >= 11 is 15.9. The van der Waals surface area contributed by atoms with Gasteiger partial charge in [-0.3, -0.25) is 4.90 Å². The molecule has 8 heteroatoms. The van der Waals surface area contributed by atoms with Gasteiger partial charge in [0, 0.05) is 20.9 Å². The van der Waals surface area contributed by atoms with E-state index in [9.17, 15) is 9.59 Å². The van der Waals surface area contributed by atoms with E-state index in [-0.39, 0.29) is 6.61 Å². The summed E-state index contributed by atoms with van der Waals surface area (Å²) < 4.78 is 6.28. The Bertz CT molecular complexity index is 1040. The molecule has 0 aromatic heterocycles. The summed E-state index contributed by atoms with van der Waals surface area (Å²) in [5.74, 6) is 0. The number of halogens is 3. The van der Waals surface area contributed by atoms with Gasteiger partial charge in [0.05, 0.1) is 18.0 Å². The van der Waals surface area contributed by atoms with Gasteiger partial charge in [-0.15, -0.1) is 0 Å². The number of benzene rings is 2. The highest BCUT2D eigenvalue weighted by molar-refractivity contribution is 9.10. The highest BCUT2D eigenvalue weighted by atomic mass is 79.9. The predicted octanol–water partition coefficient (Wildman–Crippen LogP) is 7.20. The van der Waals surface area contributed by atoms with Gasteiger partial charge in [0.2, 0.25) is 0 Å². The summed E-state index contributed by atoms with van der Waals surface area (Å²) in [4.78, 5) is 29.5. The summed E-state index contributed by atoms with van der Waals surface area (Å²) in [5, 5.41) is 0.833. The van der Waals surface area contributed by atoms with Crippen molar-refractivity contribution in [2.24, 2.45) is 0 Å². The van der Waals surface area contributed by atoms with E-state index >= 15 is 0 Å². The molecule has 1 atom stereocenters. The van der Waals surface area contributed by atoms with E-state index in [0.29, 0.717) is 28.6 Å². The van der Waals surface area contributed by atoms with Crippen LogP contribution in [0.1, 0.15) is 31.7 Å². The molecule has 1 aliphatic heterocycles. The summed E-state index contributed by atoms with van der Waals surface area (Å²) in [6, 6.07) is 12.4. The summed E-state index contributed by atoms with van der Waals surface area (Å²) in [5.41, 5.74) is 1.47. The molecule has 2 aliphatic rings. The number of fused-ring (bicyclic) bond motifs is 1. The number of amides is 3. The van der Waals surface area contributed by atoms with Gasteiger partial charge in [0.15, 0.2) is 0 Å². The third-order valence-electron chi connectivity index (χ3n) is 5.63. The normalized spacial score (nSPS) is 20.5. The average molecular weight is 524 g/mol. The molecule has 0 spiro atoms. The van der Waals surface area contributed by atoms with Gasteiger partial charge >= 0.3 is 12.1 Å². The number of hydrogen-bond donors (Lipinski definition) is 0. The maximum Gasteiger partial charge on any atom is 0.418 e. The molecule has 5 nitrogen and oxygen atoms in total. The number of rotatable bonds is 4. The molecule has 162 valence electrons.